The lowest BCUT2D eigenvalue weighted by Crippen LogP contribution is -2.44. The minimum atomic E-state index is -2.82. The second-order valence-electron chi connectivity index (χ2n) is 5.10. The largest absolute Gasteiger partial charge is 0.483 e. The molecule has 0 aliphatic heterocycles. The summed E-state index contributed by atoms with van der Waals surface area (Å²) in [6.45, 7) is 5.14. The van der Waals surface area contributed by atoms with E-state index in [-0.39, 0.29) is 0 Å². The highest BCUT2D eigenvalue weighted by molar-refractivity contribution is 5.84. The first kappa shape index (κ1) is 17.9. The predicted octanol–water partition coefficient (Wildman–Crippen LogP) is 2.22. The molecule has 0 bridgehead atoms. The summed E-state index contributed by atoms with van der Waals surface area (Å²) in [5.41, 5.74) is 2.73. The molecule has 5 nitrogen and oxygen atoms in total. The summed E-state index contributed by atoms with van der Waals surface area (Å²) >= 11 is 0. The van der Waals surface area contributed by atoms with Crippen LogP contribution in [0.5, 0.6) is 5.75 Å². The number of aliphatic carboxylic acids is 1. The molecular formula is C15H19F2NO4. The van der Waals surface area contributed by atoms with Crippen molar-refractivity contribution >= 4 is 11.9 Å². The molecule has 7 heteroatoms. The van der Waals surface area contributed by atoms with Crippen molar-refractivity contribution in [2.45, 2.75) is 39.7 Å². The minimum Gasteiger partial charge on any atom is -0.483 e. The third-order valence-electron chi connectivity index (χ3n) is 3.00. The van der Waals surface area contributed by atoms with Crippen molar-refractivity contribution in [3.8, 4) is 5.75 Å². The lowest BCUT2D eigenvalue weighted by atomic mass is 10.1. The van der Waals surface area contributed by atoms with E-state index < -0.39 is 37.4 Å². The molecule has 0 aliphatic rings. The van der Waals surface area contributed by atoms with E-state index in [0.717, 1.165) is 16.7 Å². The molecule has 1 aromatic carbocycles. The fourth-order valence-electron chi connectivity index (χ4n) is 2.17. The van der Waals surface area contributed by atoms with Crippen molar-refractivity contribution in [1.82, 2.24) is 5.32 Å². The summed E-state index contributed by atoms with van der Waals surface area (Å²) in [6.07, 6.45) is -3.76. The fraction of sp³-hybridized carbons (Fsp3) is 0.467. The van der Waals surface area contributed by atoms with Gasteiger partial charge in [-0.3, -0.25) is 4.79 Å². The Kier molecular flexibility index (Phi) is 6.27. The number of benzene rings is 1. The molecule has 22 heavy (non-hydrogen) atoms. The summed E-state index contributed by atoms with van der Waals surface area (Å²) in [5, 5.41) is 10.8. The van der Waals surface area contributed by atoms with Gasteiger partial charge in [0.25, 0.3) is 5.91 Å². The van der Waals surface area contributed by atoms with E-state index in [0.29, 0.717) is 5.75 Å². The number of nitrogens with one attached hydrogen (secondary N) is 1. The SMILES string of the molecule is Cc1cc(C)c(OCC(=O)NC(CC(F)F)C(=O)O)c(C)c1. The van der Waals surface area contributed by atoms with Crippen molar-refractivity contribution in [1.29, 1.82) is 0 Å². The van der Waals surface area contributed by atoms with E-state index >= 15 is 0 Å². The average molecular weight is 315 g/mol. The summed E-state index contributed by atoms with van der Waals surface area (Å²) in [4.78, 5) is 22.5. The van der Waals surface area contributed by atoms with E-state index in [1.54, 1.807) is 0 Å². The van der Waals surface area contributed by atoms with Crippen molar-refractivity contribution in [2.24, 2.45) is 0 Å². The monoisotopic (exact) mass is 315 g/mol. The van der Waals surface area contributed by atoms with Gasteiger partial charge < -0.3 is 15.2 Å². The first-order chi connectivity index (χ1) is 10.2. The molecule has 1 unspecified atom stereocenters. The average Bonchev–Trinajstić information content (AvgIpc) is 2.35. The standard InChI is InChI=1S/C15H19F2NO4/c1-8-4-9(2)14(10(3)5-8)22-7-13(19)18-11(15(20)21)6-12(16)17/h4-5,11-12H,6-7H2,1-3H3,(H,18,19)(H,20,21). The molecule has 0 heterocycles. The van der Waals surface area contributed by atoms with Gasteiger partial charge in [-0.15, -0.1) is 0 Å². The molecule has 0 spiro atoms. The predicted molar refractivity (Wildman–Crippen MR) is 76.3 cm³/mol. The maximum atomic E-state index is 12.2. The van der Waals surface area contributed by atoms with Crippen LogP contribution in [0.25, 0.3) is 0 Å². The van der Waals surface area contributed by atoms with Crippen LogP contribution in [-0.4, -0.2) is 36.1 Å². The highest BCUT2D eigenvalue weighted by atomic mass is 19.3. The number of alkyl halides is 2. The molecule has 122 valence electrons. The zero-order chi connectivity index (χ0) is 16.9. The van der Waals surface area contributed by atoms with Crippen LogP contribution in [0.1, 0.15) is 23.1 Å². The van der Waals surface area contributed by atoms with E-state index in [4.69, 9.17) is 9.84 Å². The van der Waals surface area contributed by atoms with Crippen molar-refractivity contribution in [2.75, 3.05) is 6.61 Å². The number of halogens is 2. The second-order valence-corrected chi connectivity index (χ2v) is 5.10. The fourth-order valence-corrected chi connectivity index (χ4v) is 2.17. The molecule has 2 N–H and O–H groups in total. The van der Waals surface area contributed by atoms with Crippen molar-refractivity contribution in [3.63, 3.8) is 0 Å². The van der Waals surface area contributed by atoms with E-state index in [1.165, 1.54) is 0 Å². The summed E-state index contributed by atoms with van der Waals surface area (Å²) in [5.74, 6) is -1.73. The number of ether oxygens (including phenoxy) is 1. The van der Waals surface area contributed by atoms with Crippen LogP contribution in [0.3, 0.4) is 0 Å². The number of carboxylic acids is 1. The van der Waals surface area contributed by atoms with Crippen LogP contribution in [0, 0.1) is 20.8 Å². The number of carbonyl (C=O) groups is 2. The number of hydrogen-bond acceptors (Lipinski definition) is 3. The van der Waals surface area contributed by atoms with Gasteiger partial charge in [0.15, 0.2) is 6.61 Å². The van der Waals surface area contributed by atoms with Gasteiger partial charge in [-0.05, 0) is 31.9 Å². The molecule has 0 saturated heterocycles. The summed E-state index contributed by atoms with van der Waals surface area (Å²) in [6, 6.07) is 2.14. The van der Waals surface area contributed by atoms with Crippen LogP contribution >= 0.6 is 0 Å². The van der Waals surface area contributed by atoms with Crippen LogP contribution in [0.15, 0.2) is 12.1 Å². The molecular weight excluding hydrogens is 296 g/mol. The lowest BCUT2D eigenvalue weighted by molar-refractivity contribution is -0.143. The molecule has 1 atom stereocenters. The summed E-state index contributed by atoms with van der Waals surface area (Å²) in [7, 11) is 0. The minimum absolute atomic E-state index is 0.433. The maximum absolute atomic E-state index is 12.2. The smallest absolute Gasteiger partial charge is 0.326 e. The first-order valence-corrected chi connectivity index (χ1v) is 6.71. The Labute approximate surface area is 127 Å². The number of amides is 1. The molecule has 1 aromatic rings. The molecule has 1 amide bonds. The lowest BCUT2D eigenvalue weighted by Gasteiger charge is -2.16. The Hall–Kier alpha value is -2.18. The molecule has 0 aliphatic carbocycles. The van der Waals surface area contributed by atoms with E-state index in [2.05, 4.69) is 0 Å². The first-order valence-electron chi connectivity index (χ1n) is 6.71. The Morgan fingerprint density at radius 2 is 1.77 bits per heavy atom. The Balaban J connectivity index is 2.64. The Morgan fingerprint density at radius 3 is 2.23 bits per heavy atom. The number of carbonyl (C=O) groups excluding carboxylic acids is 1. The van der Waals surface area contributed by atoms with Crippen LogP contribution in [0.2, 0.25) is 0 Å². The van der Waals surface area contributed by atoms with Gasteiger partial charge in [0, 0.05) is 6.42 Å². The number of aryl methyl sites for hydroxylation is 3. The van der Waals surface area contributed by atoms with E-state index in [1.807, 2.05) is 38.2 Å². The van der Waals surface area contributed by atoms with Crippen LogP contribution < -0.4 is 10.1 Å². The van der Waals surface area contributed by atoms with Gasteiger partial charge in [0.1, 0.15) is 11.8 Å². The third kappa shape index (κ3) is 5.31. The highest BCUT2D eigenvalue weighted by Gasteiger charge is 2.24. The molecule has 0 radical (unpaired) electrons. The Morgan fingerprint density at radius 1 is 1.23 bits per heavy atom. The number of carboxylic acid groups (broad SMARTS) is 1. The molecule has 0 fully saturated rings. The normalized spacial score (nSPS) is 12.1. The highest BCUT2D eigenvalue weighted by Crippen LogP contribution is 2.24. The molecule has 0 aromatic heterocycles. The zero-order valence-corrected chi connectivity index (χ0v) is 12.7. The zero-order valence-electron chi connectivity index (χ0n) is 12.7. The van der Waals surface area contributed by atoms with Crippen molar-refractivity contribution < 1.29 is 28.2 Å². The van der Waals surface area contributed by atoms with E-state index in [9.17, 15) is 18.4 Å². The number of hydrogen-bond donors (Lipinski definition) is 2. The molecule has 0 saturated carbocycles. The summed E-state index contributed by atoms with van der Waals surface area (Å²) < 4.78 is 29.9. The number of rotatable bonds is 7. The maximum Gasteiger partial charge on any atom is 0.326 e. The van der Waals surface area contributed by atoms with Gasteiger partial charge >= 0.3 is 5.97 Å². The van der Waals surface area contributed by atoms with Crippen LogP contribution in [0.4, 0.5) is 8.78 Å². The molecule has 1 rings (SSSR count). The topological polar surface area (TPSA) is 75.6 Å². The third-order valence-corrected chi connectivity index (χ3v) is 3.00. The second kappa shape index (κ2) is 7.72. The van der Waals surface area contributed by atoms with Gasteiger partial charge in [-0.2, -0.15) is 0 Å². The van der Waals surface area contributed by atoms with Gasteiger partial charge in [0.05, 0.1) is 0 Å². The van der Waals surface area contributed by atoms with Crippen molar-refractivity contribution in [3.05, 3.63) is 28.8 Å². The van der Waals surface area contributed by atoms with Crippen LogP contribution in [-0.2, 0) is 9.59 Å². The van der Waals surface area contributed by atoms with Gasteiger partial charge in [0.2, 0.25) is 6.43 Å². The Bertz CT molecular complexity index is 537. The van der Waals surface area contributed by atoms with Gasteiger partial charge in [-0.25, -0.2) is 13.6 Å². The van der Waals surface area contributed by atoms with Gasteiger partial charge in [-0.1, -0.05) is 17.7 Å². The quantitative estimate of drug-likeness (QED) is 0.809.